The van der Waals surface area contributed by atoms with E-state index in [0.717, 1.165) is 16.7 Å². The van der Waals surface area contributed by atoms with Crippen molar-refractivity contribution in [3.8, 4) is 11.5 Å². The number of rotatable bonds is 6. The molecule has 1 amide bonds. The van der Waals surface area contributed by atoms with Crippen LogP contribution < -0.4 is 19.9 Å². The second-order valence-corrected chi connectivity index (χ2v) is 7.51. The van der Waals surface area contributed by atoms with Gasteiger partial charge >= 0.3 is 0 Å². The number of amides is 1. The van der Waals surface area contributed by atoms with Crippen molar-refractivity contribution in [3.63, 3.8) is 0 Å². The highest BCUT2D eigenvalue weighted by Gasteiger charge is 2.16. The normalized spacial score (nSPS) is 11.1. The Bertz CT molecular complexity index is 916. The van der Waals surface area contributed by atoms with Gasteiger partial charge in [0.05, 0.1) is 7.11 Å². The highest BCUT2D eigenvalue weighted by molar-refractivity contribution is 7.89. The zero-order valence-corrected chi connectivity index (χ0v) is 15.9. The lowest BCUT2D eigenvalue weighted by molar-refractivity contribution is -0.118. The van der Waals surface area contributed by atoms with Crippen molar-refractivity contribution in [3.05, 3.63) is 47.0 Å². The number of aryl methyl sites for hydroxylation is 3. The van der Waals surface area contributed by atoms with Crippen molar-refractivity contribution in [1.29, 1.82) is 0 Å². The molecule has 0 unspecified atom stereocenters. The molecule has 7 nitrogen and oxygen atoms in total. The lowest BCUT2D eigenvalue weighted by atomic mass is 10.1. The van der Waals surface area contributed by atoms with Gasteiger partial charge in [-0.2, -0.15) is 0 Å². The SMILES string of the molecule is COc1ccc(NC(=O)COc2c(C)cc(C)cc2C)cc1S(N)(=O)=O. The van der Waals surface area contributed by atoms with E-state index in [1.165, 1.54) is 25.3 Å². The molecule has 0 aliphatic rings. The summed E-state index contributed by atoms with van der Waals surface area (Å²) < 4.78 is 33.8. The van der Waals surface area contributed by atoms with Gasteiger partial charge in [-0.15, -0.1) is 0 Å². The average Bonchev–Trinajstić information content (AvgIpc) is 2.53. The molecule has 26 heavy (non-hydrogen) atoms. The van der Waals surface area contributed by atoms with Crippen LogP contribution in [0.25, 0.3) is 0 Å². The van der Waals surface area contributed by atoms with Crippen molar-refractivity contribution >= 4 is 21.6 Å². The Morgan fingerprint density at radius 2 is 1.73 bits per heavy atom. The zero-order chi connectivity index (χ0) is 19.5. The Balaban J connectivity index is 2.11. The number of nitrogens with two attached hydrogens (primary N) is 1. The molecule has 0 aromatic heterocycles. The van der Waals surface area contributed by atoms with Crippen molar-refractivity contribution < 1.29 is 22.7 Å². The number of benzene rings is 2. The van der Waals surface area contributed by atoms with E-state index in [9.17, 15) is 13.2 Å². The summed E-state index contributed by atoms with van der Waals surface area (Å²) in [5.74, 6) is 0.341. The van der Waals surface area contributed by atoms with E-state index in [1.54, 1.807) is 0 Å². The molecule has 3 N–H and O–H groups in total. The number of nitrogens with one attached hydrogen (secondary N) is 1. The zero-order valence-electron chi connectivity index (χ0n) is 15.1. The summed E-state index contributed by atoms with van der Waals surface area (Å²) >= 11 is 0. The third-order valence-corrected chi connectivity index (χ3v) is 4.64. The Hall–Kier alpha value is -2.58. The van der Waals surface area contributed by atoms with Crippen LogP contribution in [0.1, 0.15) is 16.7 Å². The second-order valence-electron chi connectivity index (χ2n) is 5.98. The molecule has 0 bridgehead atoms. The van der Waals surface area contributed by atoms with E-state index in [4.69, 9.17) is 14.6 Å². The van der Waals surface area contributed by atoms with E-state index >= 15 is 0 Å². The Labute approximate surface area is 153 Å². The minimum Gasteiger partial charge on any atom is -0.495 e. The van der Waals surface area contributed by atoms with Gasteiger partial charge in [0.15, 0.2) is 6.61 Å². The van der Waals surface area contributed by atoms with Crippen molar-refractivity contribution in [2.24, 2.45) is 5.14 Å². The van der Waals surface area contributed by atoms with Gasteiger partial charge in [-0.05, 0) is 50.1 Å². The van der Waals surface area contributed by atoms with Crippen molar-refractivity contribution in [2.75, 3.05) is 19.0 Å². The molecule has 0 radical (unpaired) electrons. The molecule has 0 aliphatic heterocycles. The third kappa shape index (κ3) is 4.74. The molecule has 140 valence electrons. The molecule has 8 heteroatoms. The molecule has 0 aliphatic carbocycles. The number of hydrogen-bond donors (Lipinski definition) is 2. The quantitative estimate of drug-likeness (QED) is 0.802. The van der Waals surface area contributed by atoms with Crippen LogP contribution >= 0.6 is 0 Å². The molecule has 2 rings (SSSR count). The molecule has 0 saturated heterocycles. The van der Waals surface area contributed by atoms with Crippen LogP contribution in [0.3, 0.4) is 0 Å². The van der Waals surface area contributed by atoms with Crippen LogP contribution in [0, 0.1) is 20.8 Å². The number of carbonyl (C=O) groups excluding carboxylic acids is 1. The number of primary sulfonamides is 1. The van der Waals surface area contributed by atoms with Gasteiger partial charge < -0.3 is 14.8 Å². The summed E-state index contributed by atoms with van der Waals surface area (Å²) in [6.07, 6.45) is 0. The van der Waals surface area contributed by atoms with Gasteiger partial charge in [-0.3, -0.25) is 4.79 Å². The van der Waals surface area contributed by atoms with Crippen molar-refractivity contribution in [1.82, 2.24) is 0 Å². The van der Waals surface area contributed by atoms with Crippen LogP contribution in [-0.4, -0.2) is 28.0 Å². The average molecular weight is 378 g/mol. The Morgan fingerprint density at radius 3 is 2.27 bits per heavy atom. The fourth-order valence-electron chi connectivity index (χ4n) is 2.71. The summed E-state index contributed by atoms with van der Waals surface area (Å²) in [7, 11) is -2.65. The van der Waals surface area contributed by atoms with E-state index < -0.39 is 15.9 Å². The smallest absolute Gasteiger partial charge is 0.262 e. The molecule has 2 aromatic rings. The maximum atomic E-state index is 12.1. The van der Waals surface area contributed by atoms with Crippen LogP contribution in [0.2, 0.25) is 0 Å². The predicted molar refractivity (Wildman–Crippen MR) is 99.1 cm³/mol. The van der Waals surface area contributed by atoms with Gasteiger partial charge in [0.25, 0.3) is 5.91 Å². The summed E-state index contributed by atoms with van der Waals surface area (Å²) in [4.78, 5) is 11.9. The number of anilines is 1. The van der Waals surface area contributed by atoms with E-state index in [0.29, 0.717) is 5.75 Å². The third-order valence-electron chi connectivity index (χ3n) is 3.71. The predicted octanol–water partition coefficient (Wildman–Crippen LogP) is 2.29. The van der Waals surface area contributed by atoms with Gasteiger partial charge in [0, 0.05) is 5.69 Å². The molecular weight excluding hydrogens is 356 g/mol. The largest absolute Gasteiger partial charge is 0.495 e. The fraction of sp³-hybridized carbons (Fsp3) is 0.278. The standard InChI is InChI=1S/C18H22N2O5S/c1-11-7-12(2)18(13(3)8-11)25-10-17(21)20-14-5-6-15(24-4)16(9-14)26(19,22)23/h5-9H,10H2,1-4H3,(H,20,21)(H2,19,22,23). The monoisotopic (exact) mass is 378 g/mol. The number of carbonyl (C=O) groups is 1. The summed E-state index contributed by atoms with van der Waals surface area (Å²) in [6.45, 7) is 5.61. The van der Waals surface area contributed by atoms with E-state index in [1.807, 2.05) is 32.9 Å². The van der Waals surface area contributed by atoms with E-state index in [2.05, 4.69) is 5.32 Å². The first-order chi connectivity index (χ1) is 12.1. The first-order valence-electron chi connectivity index (χ1n) is 7.83. The van der Waals surface area contributed by atoms with E-state index in [-0.39, 0.29) is 22.9 Å². The van der Waals surface area contributed by atoms with Crippen LogP contribution in [-0.2, 0) is 14.8 Å². The minimum atomic E-state index is -3.98. The number of ether oxygens (including phenoxy) is 2. The Kier molecular flexibility index (Phi) is 5.89. The Morgan fingerprint density at radius 1 is 1.12 bits per heavy atom. The lowest BCUT2D eigenvalue weighted by Crippen LogP contribution is -2.21. The molecule has 0 saturated carbocycles. The van der Waals surface area contributed by atoms with Gasteiger partial charge in [-0.25, -0.2) is 13.6 Å². The second kappa shape index (κ2) is 7.76. The first-order valence-corrected chi connectivity index (χ1v) is 9.38. The maximum Gasteiger partial charge on any atom is 0.262 e. The molecule has 2 aromatic carbocycles. The minimum absolute atomic E-state index is 0.104. The van der Waals surface area contributed by atoms with Crippen LogP contribution in [0.15, 0.2) is 35.2 Å². The number of sulfonamides is 1. The highest BCUT2D eigenvalue weighted by atomic mass is 32.2. The number of methoxy groups -OCH3 is 1. The van der Waals surface area contributed by atoms with Crippen LogP contribution in [0.4, 0.5) is 5.69 Å². The maximum absolute atomic E-state index is 12.1. The molecule has 0 spiro atoms. The summed E-state index contributed by atoms with van der Waals surface area (Å²) in [6, 6.07) is 8.14. The number of hydrogen-bond acceptors (Lipinski definition) is 5. The molecule has 0 fully saturated rings. The van der Waals surface area contributed by atoms with Gasteiger partial charge in [-0.1, -0.05) is 17.7 Å². The highest BCUT2D eigenvalue weighted by Crippen LogP contribution is 2.27. The topological polar surface area (TPSA) is 108 Å². The molecular formula is C18H22N2O5S. The summed E-state index contributed by atoms with van der Waals surface area (Å²) in [5.41, 5.74) is 3.28. The van der Waals surface area contributed by atoms with Crippen molar-refractivity contribution in [2.45, 2.75) is 25.7 Å². The molecule has 0 heterocycles. The van der Waals surface area contributed by atoms with Gasteiger partial charge in [0.2, 0.25) is 10.0 Å². The lowest BCUT2D eigenvalue weighted by Gasteiger charge is -2.14. The summed E-state index contributed by atoms with van der Waals surface area (Å²) in [5, 5.41) is 7.75. The first kappa shape index (κ1) is 19.7. The van der Waals surface area contributed by atoms with Gasteiger partial charge in [0.1, 0.15) is 16.4 Å². The molecule has 0 atom stereocenters. The fourth-order valence-corrected chi connectivity index (χ4v) is 3.43. The van der Waals surface area contributed by atoms with Crippen LogP contribution in [0.5, 0.6) is 11.5 Å².